The van der Waals surface area contributed by atoms with E-state index < -0.39 is 114 Å². The molecule has 0 aliphatic rings. The molecule has 0 aromatic heterocycles. The molecule has 528 valence electrons. The van der Waals surface area contributed by atoms with Crippen molar-refractivity contribution >= 4 is 28.0 Å². The molecule has 0 saturated carbocycles. The van der Waals surface area contributed by atoms with Crippen molar-refractivity contribution in [2.45, 2.75) is 210 Å². The Hall–Kier alpha value is -6.14. The van der Waals surface area contributed by atoms with Gasteiger partial charge in [0, 0.05) is 67.7 Å². The molecule has 1 aromatic carbocycles. The van der Waals surface area contributed by atoms with Crippen LogP contribution in [-0.2, 0) is 25.9 Å². The lowest BCUT2D eigenvalue weighted by Gasteiger charge is -2.26. The minimum atomic E-state index is -4.94. The zero-order valence-corrected chi connectivity index (χ0v) is 55.4. The molecule has 0 spiro atoms. The van der Waals surface area contributed by atoms with Crippen LogP contribution < -0.4 is 11.5 Å². The lowest BCUT2D eigenvalue weighted by Crippen LogP contribution is -2.41. The monoisotopic (exact) mass is 1340 g/mol. The molecular weight excluding hydrogens is 1230 g/mol. The maximum atomic E-state index is 12.1. The Morgan fingerprint density at radius 3 is 1.65 bits per heavy atom. The van der Waals surface area contributed by atoms with Gasteiger partial charge in [0.2, 0.25) is 0 Å². The Morgan fingerprint density at radius 2 is 1.06 bits per heavy atom. The molecule has 19 N–H and O–H groups in total. The number of unbranched alkanes of at least 4 members (excludes halogenated alkanes) is 1. The second-order valence-electron chi connectivity index (χ2n) is 23.5. The molecule has 1 aromatic rings. The summed E-state index contributed by atoms with van der Waals surface area (Å²) in [5.41, 5.74) is 12.0. The lowest BCUT2D eigenvalue weighted by molar-refractivity contribution is -0.132. The van der Waals surface area contributed by atoms with Crippen LogP contribution in [0.15, 0.2) is 186 Å². The Kier molecular flexibility index (Phi) is 45.9. The van der Waals surface area contributed by atoms with E-state index in [0.717, 1.165) is 18.4 Å². The van der Waals surface area contributed by atoms with Crippen LogP contribution >= 0.6 is 0 Å². The largest absolute Gasteiger partial charge is 0.478 e. The van der Waals surface area contributed by atoms with E-state index in [2.05, 4.69) is 4.99 Å². The van der Waals surface area contributed by atoms with Crippen LogP contribution in [0.1, 0.15) is 123 Å². The van der Waals surface area contributed by atoms with E-state index in [9.17, 15) is 84.1 Å². The number of carboxylic acid groups (broad SMARTS) is 1. The number of aliphatic carboxylic acids is 1. The maximum absolute atomic E-state index is 12.1. The second-order valence-corrected chi connectivity index (χ2v) is 24.5. The van der Waals surface area contributed by atoms with Crippen LogP contribution in [0, 0.1) is 17.8 Å². The van der Waals surface area contributed by atoms with Gasteiger partial charge in [-0.05, 0) is 70.3 Å². The summed E-state index contributed by atoms with van der Waals surface area (Å²) < 4.78 is 39.1. The quantitative estimate of drug-likeness (QED) is 0.00748. The highest BCUT2D eigenvalue weighted by atomic mass is 32.3. The average Bonchev–Trinajstić information content (AvgIpc) is 1.13. The fourth-order valence-electron chi connectivity index (χ4n) is 9.42. The first kappa shape index (κ1) is 85.9. The summed E-state index contributed by atoms with van der Waals surface area (Å²) in [4.78, 5) is 19.4. The number of allylic oxidation sites excluding steroid dienone is 16. The van der Waals surface area contributed by atoms with E-state index in [-0.39, 0.29) is 94.6 Å². The Balaban J connectivity index is 2.75. The van der Waals surface area contributed by atoms with Crippen LogP contribution in [0.25, 0.3) is 0 Å². The summed E-state index contributed by atoms with van der Waals surface area (Å²) in [6.07, 6.45) is 23.0. The number of carbonyl (C=O) groups is 1. The average molecular weight is 1340 g/mol. The van der Waals surface area contributed by atoms with Crippen molar-refractivity contribution in [2.75, 3.05) is 6.54 Å². The predicted molar refractivity (Wildman–Crippen MR) is 367 cm³/mol. The molecule has 0 radical (unpaired) electrons. The fourth-order valence-corrected chi connectivity index (χ4v) is 9.98. The second kappa shape index (κ2) is 50.3. The molecule has 0 heterocycles. The molecule has 0 aliphatic carbocycles. The van der Waals surface area contributed by atoms with Gasteiger partial charge in [-0.1, -0.05) is 191 Å². The van der Waals surface area contributed by atoms with E-state index in [0.29, 0.717) is 18.7 Å². The van der Waals surface area contributed by atoms with Gasteiger partial charge in [-0.2, -0.15) is 8.42 Å². The molecule has 23 nitrogen and oxygen atoms in total. The van der Waals surface area contributed by atoms with Gasteiger partial charge in [-0.15, -0.1) is 0 Å². The lowest BCUT2D eigenvalue weighted by atomic mass is 9.88. The fraction of sp³-hybridized carbons (Fsp3) is 0.529. The zero-order valence-electron chi connectivity index (χ0n) is 54.6. The number of guanidine groups is 1. The third kappa shape index (κ3) is 43.8. The highest BCUT2D eigenvalue weighted by Gasteiger charge is 2.31. The van der Waals surface area contributed by atoms with Gasteiger partial charge in [-0.25, -0.2) is 8.98 Å². The normalized spacial score (nSPS) is 19.1. The predicted octanol–water partition coefficient (Wildman–Crippen LogP) is 5.30. The molecule has 1 rings (SSSR count). The number of nitrogens with two attached hydrogens (primary N) is 2. The number of carboxylic acids is 1. The van der Waals surface area contributed by atoms with Crippen molar-refractivity contribution in [3.05, 3.63) is 181 Å². The Labute approximate surface area is 555 Å². The first-order valence-electron chi connectivity index (χ1n) is 31.9. The van der Waals surface area contributed by atoms with Crippen molar-refractivity contribution in [3.63, 3.8) is 0 Å². The number of nitrogens with zero attached hydrogens (tertiary/aromatic N) is 2. The van der Waals surface area contributed by atoms with Crippen molar-refractivity contribution < 1.29 is 93.4 Å². The molecule has 0 aliphatic heterocycles. The molecule has 17 atom stereocenters. The summed E-state index contributed by atoms with van der Waals surface area (Å²) in [5.74, 6) is -2.42. The first-order chi connectivity index (χ1) is 44.5. The first-order valence-corrected chi connectivity index (χ1v) is 33.2. The standard InChI is InChI=1S/C70H108N4O19S/c1-49(29-20-15-11-10-12-16-21-30-50(2)69(88)89)67(86)52(4)63(83)38-24-17-13-8-6-5-7-9-14-18-25-39-66(93-94(90,91)92)51(3)62(74-48-53-31-22-19-23-32-53)45-60(81)43-56(77)34-26-33-54(75)41-59(80)42-55(76)35-27-36-58(79)46-64(84)68(87)65(85)47-61(82)44-57(78)37-28-40-73-70(71)72/h5-10,12-14,16-27,29-32,34-35,38,49,51-52,54-61,63-68,75-87H,11,15,28,33,36-37,39-48H2,1-4H3,(H,88,89)(H4,71,72,73)(H,90,91,92). The van der Waals surface area contributed by atoms with E-state index in [1.54, 1.807) is 98.9 Å². The van der Waals surface area contributed by atoms with E-state index >= 15 is 0 Å². The van der Waals surface area contributed by atoms with E-state index in [4.69, 9.17) is 25.7 Å². The smallest absolute Gasteiger partial charge is 0.397 e. The summed E-state index contributed by atoms with van der Waals surface area (Å²) in [6, 6.07) is 9.18. The molecule has 24 heteroatoms. The number of aliphatic imine (C=N–C) groups is 2. The van der Waals surface area contributed by atoms with Crippen molar-refractivity contribution in [3.8, 4) is 0 Å². The van der Waals surface area contributed by atoms with Gasteiger partial charge in [0.1, 0.15) is 6.10 Å². The summed E-state index contributed by atoms with van der Waals surface area (Å²) in [6.45, 7) is 7.31. The maximum Gasteiger partial charge on any atom is 0.397 e. The number of aliphatic hydroxyl groups is 13. The number of aliphatic hydroxyl groups excluding tert-OH is 13. The number of benzene rings is 1. The van der Waals surface area contributed by atoms with Crippen LogP contribution in [0.3, 0.4) is 0 Å². The number of hydrogen-bond donors (Lipinski definition) is 17. The van der Waals surface area contributed by atoms with E-state index in [1.165, 1.54) is 37.3 Å². The van der Waals surface area contributed by atoms with Gasteiger partial charge in [-0.3, -0.25) is 14.5 Å². The van der Waals surface area contributed by atoms with Crippen LogP contribution in [0.4, 0.5) is 0 Å². The number of rotatable bonds is 50. The SMILES string of the molecule is CC(=CC=CC=CCCC=CC(C)C(O)C(C)C(O)C=CC=CC=CC=CC=CC=CCC(OS(=O)(=O)O)C(C)C(CC(O)CC(O)C=CCC(O)CC(O)CC(O)C=CCC(O)CC(O)C(O)C(O)CC(O)CC(O)CCCN=C(N)N)=NCc1ccccc1)C(=O)O. The minimum absolute atomic E-state index is 0.00141. The van der Waals surface area contributed by atoms with Gasteiger partial charge in [0.25, 0.3) is 0 Å². The van der Waals surface area contributed by atoms with Crippen LogP contribution in [-0.4, -0.2) is 194 Å². The van der Waals surface area contributed by atoms with Gasteiger partial charge >= 0.3 is 16.4 Å². The molecule has 0 saturated heterocycles. The summed E-state index contributed by atoms with van der Waals surface area (Å²) in [5, 5.41) is 146. The van der Waals surface area contributed by atoms with Crippen molar-refractivity contribution in [1.29, 1.82) is 0 Å². The molecule has 17 unspecified atom stereocenters. The van der Waals surface area contributed by atoms with Crippen molar-refractivity contribution in [2.24, 2.45) is 39.2 Å². The van der Waals surface area contributed by atoms with Gasteiger partial charge in [0.05, 0.1) is 85.9 Å². The minimum Gasteiger partial charge on any atom is -0.478 e. The van der Waals surface area contributed by atoms with Crippen LogP contribution in [0.5, 0.6) is 0 Å². The van der Waals surface area contributed by atoms with Crippen molar-refractivity contribution in [1.82, 2.24) is 0 Å². The third-order valence-corrected chi connectivity index (χ3v) is 15.4. The molecule has 94 heavy (non-hydrogen) atoms. The van der Waals surface area contributed by atoms with E-state index in [1.807, 2.05) is 61.6 Å². The third-order valence-electron chi connectivity index (χ3n) is 14.9. The Bertz CT molecular complexity index is 2790. The zero-order chi connectivity index (χ0) is 70.4. The molecular formula is C70H108N4O19S. The molecule has 0 amide bonds. The number of hydrogen-bond acceptors (Lipinski definition) is 19. The topological polar surface area (TPSA) is 441 Å². The van der Waals surface area contributed by atoms with Gasteiger partial charge < -0.3 is 83.0 Å². The van der Waals surface area contributed by atoms with Gasteiger partial charge in [0.15, 0.2) is 5.96 Å². The Morgan fingerprint density at radius 1 is 0.553 bits per heavy atom. The molecule has 0 bridgehead atoms. The summed E-state index contributed by atoms with van der Waals surface area (Å²) >= 11 is 0. The van der Waals surface area contributed by atoms with Crippen LogP contribution in [0.2, 0.25) is 0 Å². The summed E-state index contributed by atoms with van der Waals surface area (Å²) in [7, 11) is -4.94. The molecule has 0 fully saturated rings. The highest BCUT2D eigenvalue weighted by molar-refractivity contribution is 7.80. The highest BCUT2D eigenvalue weighted by Crippen LogP contribution is 2.24.